The number of anilines is 2. The van der Waals surface area contributed by atoms with Crippen LogP contribution in [0, 0.1) is 18.7 Å². The third kappa shape index (κ3) is 5.37. The first kappa shape index (κ1) is 22.7. The molecule has 2 aromatic carbocycles. The smallest absolute Gasteiger partial charge is 0.274 e. The highest BCUT2D eigenvalue weighted by Gasteiger charge is 2.22. The number of rotatable bonds is 9. The molecule has 1 fully saturated rings. The molecule has 0 aliphatic heterocycles. The number of hydrogen-bond donors (Lipinski definition) is 1. The number of ether oxygens (including phenoxy) is 2. The van der Waals surface area contributed by atoms with E-state index in [1.807, 2.05) is 35.9 Å². The van der Waals surface area contributed by atoms with Crippen LogP contribution >= 0.6 is 0 Å². The highest BCUT2D eigenvalue weighted by Crippen LogP contribution is 2.31. The molecule has 2 aromatic heterocycles. The molecule has 0 saturated heterocycles. The summed E-state index contributed by atoms with van der Waals surface area (Å²) in [6.07, 6.45) is 7.70. The molecule has 1 aliphatic carbocycles. The van der Waals surface area contributed by atoms with Crippen molar-refractivity contribution in [3.63, 3.8) is 0 Å². The Bertz CT molecular complexity index is 1390. The molecular formula is C27H27FN4O3. The lowest BCUT2D eigenvalue weighted by atomic mass is 10.2. The lowest BCUT2D eigenvalue weighted by molar-refractivity contribution is 0.297. The Kier molecular flexibility index (Phi) is 6.27. The van der Waals surface area contributed by atoms with Crippen molar-refractivity contribution in [2.45, 2.75) is 26.3 Å². The highest BCUT2D eigenvalue weighted by molar-refractivity contribution is 5.65. The fraction of sp³-hybridized carbons (Fsp3) is 0.259. The zero-order valence-corrected chi connectivity index (χ0v) is 19.7. The Morgan fingerprint density at radius 2 is 1.91 bits per heavy atom. The van der Waals surface area contributed by atoms with Crippen molar-refractivity contribution in [2.75, 3.05) is 19.0 Å². The van der Waals surface area contributed by atoms with Gasteiger partial charge in [-0.05, 0) is 55.5 Å². The quantitative estimate of drug-likeness (QED) is 0.367. The lowest BCUT2D eigenvalue weighted by Crippen LogP contribution is -2.23. The van der Waals surface area contributed by atoms with Crippen molar-refractivity contribution in [2.24, 2.45) is 5.92 Å². The number of benzene rings is 2. The lowest BCUT2D eigenvalue weighted by Gasteiger charge is -2.15. The summed E-state index contributed by atoms with van der Waals surface area (Å²) in [6.45, 7) is 2.85. The molecule has 1 saturated carbocycles. The van der Waals surface area contributed by atoms with Gasteiger partial charge >= 0.3 is 0 Å². The summed E-state index contributed by atoms with van der Waals surface area (Å²) in [5, 5.41) is 3.23. The molecule has 0 atom stereocenters. The van der Waals surface area contributed by atoms with Gasteiger partial charge in [0.05, 0.1) is 38.0 Å². The van der Waals surface area contributed by atoms with Gasteiger partial charge in [0.2, 0.25) is 0 Å². The molecule has 5 rings (SSSR count). The summed E-state index contributed by atoms with van der Waals surface area (Å²) in [5.74, 6) is 1.51. The Hall–Kier alpha value is -4.07. The molecule has 0 radical (unpaired) electrons. The Morgan fingerprint density at radius 3 is 2.60 bits per heavy atom. The van der Waals surface area contributed by atoms with Crippen molar-refractivity contribution in [1.29, 1.82) is 0 Å². The van der Waals surface area contributed by atoms with Crippen molar-refractivity contribution >= 4 is 11.4 Å². The van der Waals surface area contributed by atoms with Crippen LogP contribution in [0.25, 0.3) is 5.69 Å². The zero-order chi connectivity index (χ0) is 24.4. The van der Waals surface area contributed by atoms with Gasteiger partial charge in [-0.25, -0.2) is 9.37 Å². The average Bonchev–Trinajstić information content (AvgIpc) is 3.60. The van der Waals surface area contributed by atoms with Crippen LogP contribution in [-0.2, 0) is 6.54 Å². The predicted molar refractivity (Wildman–Crippen MR) is 133 cm³/mol. The fourth-order valence-corrected chi connectivity index (χ4v) is 3.86. The van der Waals surface area contributed by atoms with Crippen molar-refractivity contribution in [3.05, 3.63) is 94.7 Å². The number of nitrogens with zero attached hydrogens (tertiary/aromatic N) is 3. The number of pyridine rings is 1. The first-order valence-corrected chi connectivity index (χ1v) is 11.6. The number of aryl methyl sites for hydroxylation is 1. The van der Waals surface area contributed by atoms with Gasteiger partial charge < -0.3 is 23.9 Å². The number of imidazole rings is 1. The Labute approximate surface area is 202 Å². The minimum atomic E-state index is -0.312. The van der Waals surface area contributed by atoms with Crippen LogP contribution in [0.5, 0.6) is 11.5 Å². The SMILES string of the molecule is COc1cc(Nc2cc(OCC3CC3)cn(Cc3ccc(F)cc3)c2=O)ccc1-n1cnc(C)c1. The molecule has 7 nitrogen and oxygen atoms in total. The van der Waals surface area contributed by atoms with Crippen molar-refractivity contribution in [3.8, 4) is 17.2 Å². The van der Waals surface area contributed by atoms with E-state index in [0.29, 0.717) is 41.9 Å². The second kappa shape index (κ2) is 9.66. The monoisotopic (exact) mass is 474 g/mol. The third-order valence-electron chi connectivity index (χ3n) is 5.96. The van der Waals surface area contributed by atoms with Gasteiger partial charge in [0.25, 0.3) is 5.56 Å². The number of hydrogen-bond acceptors (Lipinski definition) is 5. The summed E-state index contributed by atoms with van der Waals surface area (Å²) in [5.41, 5.74) is 3.44. The Morgan fingerprint density at radius 1 is 1.11 bits per heavy atom. The van der Waals surface area contributed by atoms with Gasteiger partial charge in [-0.2, -0.15) is 0 Å². The summed E-state index contributed by atoms with van der Waals surface area (Å²) in [4.78, 5) is 17.6. The van der Waals surface area contributed by atoms with Crippen molar-refractivity contribution in [1.82, 2.24) is 14.1 Å². The average molecular weight is 475 g/mol. The highest BCUT2D eigenvalue weighted by atomic mass is 19.1. The standard InChI is InChI=1S/C27H27FN4O3/c1-18-13-32(17-29-18)25-10-9-22(11-26(25)34-2)30-24-12-23(35-16-20-3-4-20)15-31(27(24)33)14-19-5-7-21(28)8-6-19/h5-13,15,17,20,30H,3-4,14,16H2,1-2H3. The molecule has 2 heterocycles. The summed E-state index contributed by atoms with van der Waals surface area (Å²) >= 11 is 0. The van der Waals surface area contributed by atoms with Gasteiger partial charge in [-0.3, -0.25) is 4.79 Å². The van der Waals surface area contributed by atoms with Crippen LogP contribution in [0.4, 0.5) is 15.8 Å². The Balaban J connectivity index is 1.46. The van der Waals surface area contributed by atoms with E-state index in [9.17, 15) is 9.18 Å². The van der Waals surface area contributed by atoms with Gasteiger partial charge in [-0.1, -0.05) is 12.1 Å². The van der Waals surface area contributed by atoms with E-state index >= 15 is 0 Å². The van der Waals surface area contributed by atoms with Gasteiger partial charge in [0, 0.05) is 30.2 Å². The van der Waals surface area contributed by atoms with E-state index in [1.54, 1.807) is 42.4 Å². The third-order valence-corrected chi connectivity index (χ3v) is 5.96. The number of halogens is 1. The van der Waals surface area contributed by atoms with Crippen LogP contribution in [-0.4, -0.2) is 27.8 Å². The molecule has 1 N–H and O–H groups in total. The normalized spacial score (nSPS) is 13.0. The van der Waals surface area contributed by atoms with Gasteiger partial charge in [0.15, 0.2) is 0 Å². The van der Waals surface area contributed by atoms with Crippen LogP contribution in [0.15, 0.2) is 72.0 Å². The molecule has 4 aromatic rings. The molecule has 0 unspecified atom stereocenters. The van der Waals surface area contributed by atoms with E-state index in [1.165, 1.54) is 25.0 Å². The number of methoxy groups -OCH3 is 1. The maximum Gasteiger partial charge on any atom is 0.274 e. The second-order valence-corrected chi connectivity index (χ2v) is 8.84. The van der Waals surface area contributed by atoms with Gasteiger partial charge in [-0.15, -0.1) is 0 Å². The second-order valence-electron chi connectivity index (χ2n) is 8.84. The minimum Gasteiger partial charge on any atom is -0.494 e. The predicted octanol–water partition coefficient (Wildman–Crippen LogP) is 5.07. The molecule has 180 valence electrons. The molecule has 35 heavy (non-hydrogen) atoms. The van der Waals surface area contributed by atoms with Crippen LogP contribution < -0.4 is 20.3 Å². The maximum absolute atomic E-state index is 13.3. The zero-order valence-electron chi connectivity index (χ0n) is 19.7. The first-order valence-electron chi connectivity index (χ1n) is 11.6. The van der Waals surface area contributed by atoms with E-state index in [0.717, 1.165) is 16.9 Å². The number of aromatic nitrogens is 3. The van der Waals surface area contributed by atoms with E-state index < -0.39 is 0 Å². The maximum atomic E-state index is 13.3. The summed E-state index contributed by atoms with van der Waals surface area (Å²) in [7, 11) is 1.61. The molecule has 8 heteroatoms. The van der Waals surface area contributed by atoms with E-state index in [2.05, 4.69) is 10.3 Å². The molecule has 0 amide bonds. The van der Waals surface area contributed by atoms with Crippen LogP contribution in [0.2, 0.25) is 0 Å². The summed E-state index contributed by atoms with van der Waals surface area (Å²) in [6, 6.07) is 13.5. The molecule has 0 bridgehead atoms. The fourth-order valence-electron chi connectivity index (χ4n) is 3.86. The van der Waals surface area contributed by atoms with Gasteiger partial charge in [0.1, 0.15) is 23.0 Å². The summed E-state index contributed by atoms with van der Waals surface area (Å²) < 4.78 is 28.4. The largest absolute Gasteiger partial charge is 0.494 e. The topological polar surface area (TPSA) is 70.3 Å². The molecule has 0 spiro atoms. The van der Waals surface area contributed by atoms with Crippen molar-refractivity contribution < 1.29 is 13.9 Å². The van der Waals surface area contributed by atoms with Crippen LogP contribution in [0.3, 0.4) is 0 Å². The van der Waals surface area contributed by atoms with E-state index in [-0.39, 0.29) is 11.4 Å². The first-order chi connectivity index (χ1) is 17.0. The number of nitrogens with one attached hydrogen (secondary N) is 1. The minimum absolute atomic E-state index is 0.207. The molecule has 1 aliphatic rings. The molecular weight excluding hydrogens is 447 g/mol. The van der Waals surface area contributed by atoms with Crippen LogP contribution in [0.1, 0.15) is 24.1 Å². The van der Waals surface area contributed by atoms with E-state index in [4.69, 9.17) is 9.47 Å².